The van der Waals surface area contributed by atoms with Crippen molar-refractivity contribution in [2.75, 3.05) is 13.2 Å². The summed E-state index contributed by atoms with van der Waals surface area (Å²) in [5, 5.41) is 0. The fourth-order valence-electron chi connectivity index (χ4n) is 1.38. The van der Waals surface area contributed by atoms with Crippen LogP contribution in [0.4, 0.5) is 0 Å². The van der Waals surface area contributed by atoms with E-state index in [-0.39, 0.29) is 6.10 Å². The first-order valence-electron chi connectivity index (χ1n) is 5.61. The van der Waals surface area contributed by atoms with Crippen LogP contribution in [0, 0.1) is 6.92 Å². The van der Waals surface area contributed by atoms with Gasteiger partial charge in [0.1, 0.15) is 18.1 Å². The molecule has 0 unspecified atom stereocenters. The number of hydrogen-bond donors (Lipinski definition) is 1. The largest absolute Gasteiger partial charge is 0.464 e. The third-order valence-corrected chi connectivity index (χ3v) is 2.21. The maximum atomic E-state index is 5.55. The van der Waals surface area contributed by atoms with Gasteiger partial charge in [0.15, 0.2) is 0 Å². The second-order valence-corrected chi connectivity index (χ2v) is 3.97. The Hall–Kier alpha value is -0.840. The number of furan rings is 1. The van der Waals surface area contributed by atoms with Gasteiger partial charge in [-0.3, -0.25) is 0 Å². The standard InChI is InChI=1S/C12H21NO3/c1-9(2)15-5-4-14-8-12-6-11(7-13)10(3)16-12/h6,9H,4-5,7-8,13H2,1-3H3. The van der Waals surface area contributed by atoms with Crippen LogP contribution >= 0.6 is 0 Å². The molecular weight excluding hydrogens is 206 g/mol. The van der Waals surface area contributed by atoms with Gasteiger partial charge in [-0.1, -0.05) is 0 Å². The molecule has 0 aliphatic heterocycles. The van der Waals surface area contributed by atoms with E-state index in [1.807, 2.05) is 26.8 Å². The molecule has 0 fully saturated rings. The van der Waals surface area contributed by atoms with Gasteiger partial charge in [-0.2, -0.15) is 0 Å². The molecule has 0 radical (unpaired) electrons. The van der Waals surface area contributed by atoms with E-state index in [1.54, 1.807) is 0 Å². The second-order valence-electron chi connectivity index (χ2n) is 3.97. The van der Waals surface area contributed by atoms with Crippen LogP contribution in [0.1, 0.15) is 30.9 Å². The molecule has 0 atom stereocenters. The molecule has 0 aliphatic rings. The van der Waals surface area contributed by atoms with Crippen molar-refractivity contribution in [3.05, 3.63) is 23.2 Å². The first-order chi connectivity index (χ1) is 7.63. The minimum absolute atomic E-state index is 0.248. The number of aryl methyl sites for hydroxylation is 1. The maximum absolute atomic E-state index is 5.55. The quantitative estimate of drug-likeness (QED) is 0.724. The van der Waals surface area contributed by atoms with Gasteiger partial charge in [-0.05, 0) is 26.8 Å². The summed E-state index contributed by atoms with van der Waals surface area (Å²) in [5.74, 6) is 1.70. The molecule has 92 valence electrons. The fourth-order valence-corrected chi connectivity index (χ4v) is 1.38. The molecule has 4 nitrogen and oxygen atoms in total. The molecule has 0 saturated carbocycles. The van der Waals surface area contributed by atoms with Crippen LogP contribution in [0.2, 0.25) is 0 Å². The zero-order valence-electron chi connectivity index (χ0n) is 10.3. The summed E-state index contributed by atoms with van der Waals surface area (Å²) in [6, 6.07) is 1.94. The van der Waals surface area contributed by atoms with E-state index in [9.17, 15) is 0 Å². The highest BCUT2D eigenvalue weighted by atomic mass is 16.5. The molecule has 4 heteroatoms. The van der Waals surface area contributed by atoms with E-state index >= 15 is 0 Å². The monoisotopic (exact) mass is 227 g/mol. The minimum Gasteiger partial charge on any atom is -0.464 e. The van der Waals surface area contributed by atoms with Crippen molar-refractivity contribution in [1.82, 2.24) is 0 Å². The summed E-state index contributed by atoms with van der Waals surface area (Å²) in [5.41, 5.74) is 6.59. The van der Waals surface area contributed by atoms with E-state index in [2.05, 4.69) is 0 Å². The molecule has 0 saturated heterocycles. The average molecular weight is 227 g/mol. The van der Waals surface area contributed by atoms with Crippen molar-refractivity contribution in [1.29, 1.82) is 0 Å². The zero-order chi connectivity index (χ0) is 12.0. The summed E-state index contributed by atoms with van der Waals surface area (Å²) in [6.07, 6.45) is 0.248. The molecule has 1 rings (SSSR count). The van der Waals surface area contributed by atoms with Crippen LogP contribution in [0.25, 0.3) is 0 Å². The minimum atomic E-state index is 0.248. The van der Waals surface area contributed by atoms with Gasteiger partial charge in [0.05, 0.1) is 19.3 Å². The van der Waals surface area contributed by atoms with Gasteiger partial charge in [0.25, 0.3) is 0 Å². The lowest BCUT2D eigenvalue weighted by atomic mass is 10.2. The van der Waals surface area contributed by atoms with Crippen LogP contribution in [-0.2, 0) is 22.6 Å². The van der Waals surface area contributed by atoms with Crippen molar-refractivity contribution in [3.63, 3.8) is 0 Å². The first-order valence-corrected chi connectivity index (χ1v) is 5.61. The molecule has 16 heavy (non-hydrogen) atoms. The maximum Gasteiger partial charge on any atom is 0.130 e. The molecule has 1 aromatic heterocycles. The Balaban J connectivity index is 2.21. The Morgan fingerprint density at radius 3 is 2.69 bits per heavy atom. The Labute approximate surface area is 96.7 Å². The van der Waals surface area contributed by atoms with Crippen molar-refractivity contribution in [2.24, 2.45) is 5.73 Å². The Morgan fingerprint density at radius 1 is 1.38 bits per heavy atom. The molecule has 1 aromatic rings. The first kappa shape index (κ1) is 13.2. The van der Waals surface area contributed by atoms with Crippen LogP contribution in [0.15, 0.2) is 10.5 Å². The Bertz CT molecular complexity index is 307. The zero-order valence-corrected chi connectivity index (χ0v) is 10.3. The van der Waals surface area contributed by atoms with Crippen molar-refractivity contribution in [2.45, 2.75) is 40.0 Å². The Morgan fingerprint density at radius 2 is 2.12 bits per heavy atom. The number of nitrogens with two attached hydrogens (primary N) is 1. The van der Waals surface area contributed by atoms with Gasteiger partial charge < -0.3 is 19.6 Å². The molecule has 0 bridgehead atoms. The average Bonchev–Trinajstić information content (AvgIpc) is 2.58. The number of hydrogen-bond acceptors (Lipinski definition) is 4. The molecule has 0 aromatic carbocycles. The van der Waals surface area contributed by atoms with Crippen LogP contribution in [0.5, 0.6) is 0 Å². The van der Waals surface area contributed by atoms with E-state index < -0.39 is 0 Å². The lowest BCUT2D eigenvalue weighted by Crippen LogP contribution is -2.09. The summed E-state index contributed by atoms with van der Waals surface area (Å²) in [4.78, 5) is 0. The van der Waals surface area contributed by atoms with Gasteiger partial charge in [0, 0.05) is 12.1 Å². The molecule has 1 heterocycles. The second kappa shape index (κ2) is 6.68. The number of ether oxygens (including phenoxy) is 2. The summed E-state index contributed by atoms with van der Waals surface area (Å²) < 4.78 is 16.3. The van der Waals surface area contributed by atoms with Crippen molar-refractivity contribution >= 4 is 0 Å². The summed E-state index contributed by atoms with van der Waals surface area (Å²) in [6.45, 7) is 8.09. The highest BCUT2D eigenvalue weighted by molar-refractivity contribution is 5.19. The third kappa shape index (κ3) is 4.35. The van der Waals surface area contributed by atoms with Gasteiger partial charge in [-0.25, -0.2) is 0 Å². The lowest BCUT2D eigenvalue weighted by Gasteiger charge is -2.06. The van der Waals surface area contributed by atoms with E-state index in [0.717, 1.165) is 17.1 Å². The molecular formula is C12H21NO3. The van der Waals surface area contributed by atoms with Crippen molar-refractivity contribution in [3.8, 4) is 0 Å². The Kier molecular flexibility index (Phi) is 5.52. The normalized spacial score (nSPS) is 11.3. The third-order valence-electron chi connectivity index (χ3n) is 2.21. The molecule has 2 N–H and O–H groups in total. The lowest BCUT2D eigenvalue weighted by molar-refractivity contribution is 0.0102. The van der Waals surface area contributed by atoms with E-state index in [0.29, 0.717) is 26.4 Å². The van der Waals surface area contributed by atoms with Gasteiger partial charge in [0.2, 0.25) is 0 Å². The summed E-state index contributed by atoms with van der Waals surface area (Å²) >= 11 is 0. The van der Waals surface area contributed by atoms with Gasteiger partial charge in [-0.15, -0.1) is 0 Å². The van der Waals surface area contributed by atoms with E-state index in [1.165, 1.54) is 0 Å². The van der Waals surface area contributed by atoms with Crippen LogP contribution in [-0.4, -0.2) is 19.3 Å². The topological polar surface area (TPSA) is 57.6 Å². The predicted molar refractivity (Wildman–Crippen MR) is 62.1 cm³/mol. The molecule has 0 aliphatic carbocycles. The fraction of sp³-hybridized carbons (Fsp3) is 0.667. The van der Waals surface area contributed by atoms with Crippen LogP contribution < -0.4 is 5.73 Å². The predicted octanol–water partition coefficient (Wildman–Crippen LogP) is 1.99. The number of rotatable bonds is 7. The highest BCUT2D eigenvalue weighted by Crippen LogP contribution is 2.14. The summed E-state index contributed by atoms with van der Waals surface area (Å²) in [7, 11) is 0. The highest BCUT2D eigenvalue weighted by Gasteiger charge is 2.05. The van der Waals surface area contributed by atoms with Gasteiger partial charge >= 0.3 is 0 Å². The molecule has 0 spiro atoms. The SMILES string of the molecule is Cc1oc(COCCOC(C)C)cc1CN. The smallest absolute Gasteiger partial charge is 0.130 e. The molecule has 0 amide bonds. The van der Waals surface area contributed by atoms with Crippen molar-refractivity contribution < 1.29 is 13.9 Å². The van der Waals surface area contributed by atoms with Crippen LogP contribution in [0.3, 0.4) is 0 Å². The van der Waals surface area contributed by atoms with E-state index in [4.69, 9.17) is 19.6 Å².